The van der Waals surface area contributed by atoms with E-state index in [2.05, 4.69) is 0 Å². The topological polar surface area (TPSA) is 57.5 Å². The van der Waals surface area contributed by atoms with Crippen LogP contribution in [-0.2, 0) is 10.4 Å². The Morgan fingerprint density at radius 2 is 1.89 bits per heavy atom. The van der Waals surface area contributed by atoms with E-state index in [0.717, 1.165) is 24.3 Å². The number of hydrogen-bond donors (Lipinski definition) is 2. The maximum absolute atomic E-state index is 13.2. The molecule has 104 valence electrons. The van der Waals surface area contributed by atoms with E-state index in [0.29, 0.717) is 0 Å². The van der Waals surface area contributed by atoms with Crippen LogP contribution in [0.4, 0.5) is 13.2 Å². The highest BCUT2D eigenvalue weighted by Gasteiger charge is 2.53. The second kappa shape index (κ2) is 4.52. The lowest BCUT2D eigenvalue weighted by atomic mass is 9.80. The number of rotatable bonds is 3. The predicted molar refractivity (Wildman–Crippen MR) is 60.2 cm³/mol. The van der Waals surface area contributed by atoms with Crippen LogP contribution < -0.4 is 0 Å². The van der Waals surface area contributed by atoms with Gasteiger partial charge in [0.2, 0.25) is 5.92 Å². The Hall–Kier alpha value is -1.56. The Morgan fingerprint density at radius 1 is 1.32 bits per heavy atom. The summed E-state index contributed by atoms with van der Waals surface area (Å²) in [4.78, 5) is 11.3. The Bertz CT molecular complexity index is 486. The van der Waals surface area contributed by atoms with E-state index in [-0.39, 0.29) is 12.0 Å². The molecular weight excluding hydrogens is 261 g/mol. The zero-order valence-electron chi connectivity index (χ0n) is 9.94. The van der Waals surface area contributed by atoms with Gasteiger partial charge < -0.3 is 10.2 Å². The van der Waals surface area contributed by atoms with Crippen molar-refractivity contribution in [2.24, 2.45) is 5.92 Å². The van der Waals surface area contributed by atoms with Gasteiger partial charge >= 0.3 is 5.97 Å². The number of carboxylic acid groups (broad SMARTS) is 1. The van der Waals surface area contributed by atoms with Gasteiger partial charge in [0, 0.05) is 18.8 Å². The van der Waals surface area contributed by atoms with E-state index < -0.39 is 42.1 Å². The van der Waals surface area contributed by atoms with E-state index >= 15 is 0 Å². The normalized spacial score (nSPS) is 24.9. The van der Waals surface area contributed by atoms with Crippen LogP contribution in [0.25, 0.3) is 0 Å². The van der Waals surface area contributed by atoms with E-state index in [1.807, 2.05) is 0 Å². The molecule has 1 aromatic carbocycles. The summed E-state index contributed by atoms with van der Waals surface area (Å²) in [6.45, 7) is 0. The van der Waals surface area contributed by atoms with Crippen LogP contribution in [0.3, 0.4) is 0 Å². The second-order valence-electron chi connectivity index (χ2n) is 4.87. The molecule has 0 saturated heterocycles. The molecule has 1 aromatic rings. The molecule has 0 heterocycles. The van der Waals surface area contributed by atoms with Crippen LogP contribution in [-0.4, -0.2) is 22.1 Å². The Labute approximate surface area is 107 Å². The van der Waals surface area contributed by atoms with E-state index in [9.17, 15) is 28.2 Å². The van der Waals surface area contributed by atoms with Crippen LogP contribution in [0.5, 0.6) is 0 Å². The molecule has 1 unspecified atom stereocenters. The fourth-order valence-corrected chi connectivity index (χ4v) is 2.54. The third-order valence-electron chi connectivity index (χ3n) is 3.60. The first-order valence-corrected chi connectivity index (χ1v) is 5.85. The van der Waals surface area contributed by atoms with Gasteiger partial charge in [0.15, 0.2) is 5.60 Å². The summed E-state index contributed by atoms with van der Waals surface area (Å²) in [5.41, 5.74) is -2.49. The number of carbonyl (C=O) groups is 1. The SMILES string of the molecule is O=C(O)[C@](O)(c1ccc(F)cc1)C1CCC(F)(F)C1. The first kappa shape index (κ1) is 13.9. The molecule has 1 aliphatic rings. The van der Waals surface area contributed by atoms with Crippen LogP contribution in [0, 0.1) is 11.7 Å². The van der Waals surface area contributed by atoms with Gasteiger partial charge in [-0.2, -0.15) is 0 Å². The molecule has 2 atom stereocenters. The smallest absolute Gasteiger partial charge is 0.340 e. The molecule has 0 bridgehead atoms. The summed E-state index contributed by atoms with van der Waals surface area (Å²) in [6.07, 6.45) is -1.23. The minimum Gasteiger partial charge on any atom is -0.479 e. The standard InChI is InChI=1S/C13H13F3O3/c14-10-3-1-8(2-4-10)13(19,11(17)18)9-5-6-12(15,16)7-9/h1-4,9,19H,5-7H2,(H,17,18)/t9?,13-/m0/s1. The molecule has 0 radical (unpaired) electrons. The number of halogens is 3. The Balaban J connectivity index is 2.38. The molecular formula is C13H13F3O3. The zero-order valence-corrected chi connectivity index (χ0v) is 9.94. The molecule has 3 nitrogen and oxygen atoms in total. The lowest BCUT2D eigenvalue weighted by Gasteiger charge is -2.30. The molecule has 1 saturated carbocycles. The Morgan fingerprint density at radius 3 is 2.32 bits per heavy atom. The van der Waals surface area contributed by atoms with Crippen LogP contribution in [0.1, 0.15) is 24.8 Å². The number of hydrogen-bond acceptors (Lipinski definition) is 2. The van der Waals surface area contributed by atoms with E-state index in [1.165, 1.54) is 0 Å². The van der Waals surface area contributed by atoms with Crippen molar-refractivity contribution in [3.8, 4) is 0 Å². The lowest BCUT2D eigenvalue weighted by Crippen LogP contribution is -2.42. The van der Waals surface area contributed by atoms with Gasteiger partial charge in [-0.05, 0) is 24.1 Å². The highest BCUT2D eigenvalue weighted by molar-refractivity contribution is 5.79. The first-order valence-electron chi connectivity index (χ1n) is 5.85. The van der Waals surface area contributed by atoms with Crippen LogP contribution in [0.15, 0.2) is 24.3 Å². The zero-order chi connectivity index (χ0) is 14.3. The van der Waals surface area contributed by atoms with Crippen LogP contribution in [0.2, 0.25) is 0 Å². The van der Waals surface area contributed by atoms with Gasteiger partial charge in [0.25, 0.3) is 0 Å². The van der Waals surface area contributed by atoms with Crippen molar-refractivity contribution >= 4 is 5.97 Å². The van der Waals surface area contributed by atoms with Gasteiger partial charge in [0.1, 0.15) is 5.82 Å². The summed E-state index contributed by atoms with van der Waals surface area (Å²) in [6, 6.07) is 4.21. The van der Waals surface area contributed by atoms with Crippen molar-refractivity contribution < 1.29 is 28.2 Å². The molecule has 6 heteroatoms. The van der Waals surface area contributed by atoms with E-state index in [4.69, 9.17) is 0 Å². The molecule has 0 amide bonds. The Kier molecular flexibility index (Phi) is 3.30. The maximum atomic E-state index is 13.2. The quantitative estimate of drug-likeness (QED) is 0.890. The lowest BCUT2D eigenvalue weighted by molar-refractivity contribution is -0.167. The molecule has 2 rings (SSSR count). The fourth-order valence-electron chi connectivity index (χ4n) is 2.54. The molecule has 2 N–H and O–H groups in total. The first-order chi connectivity index (χ1) is 8.75. The summed E-state index contributed by atoms with van der Waals surface area (Å²) in [5.74, 6) is -6.24. The summed E-state index contributed by atoms with van der Waals surface area (Å²) >= 11 is 0. The minimum absolute atomic E-state index is 0.0795. The molecule has 0 aliphatic heterocycles. The highest BCUT2D eigenvalue weighted by Crippen LogP contribution is 2.47. The number of carboxylic acids is 1. The monoisotopic (exact) mass is 274 g/mol. The number of benzene rings is 1. The van der Waals surface area contributed by atoms with Crippen molar-refractivity contribution in [1.29, 1.82) is 0 Å². The van der Waals surface area contributed by atoms with Crippen molar-refractivity contribution in [2.45, 2.75) is 30.8 Å². The van der Waals surface area contributed by atoms with Gasteiger partial charge in [-0.15, -0.1) is 0 Å². The fraction of sp³-hybridized carbons (Fsp3) is 0.462. The predicted octanol–water partition coefficient (Wildman–Crippen LogP) is 2.53. The van der Waals surface area contributed by atoms with E-state index in [1.54, 1.807) is 0 Å². The van der Waals surface area contributed by atoms with Crippen molar-refractivity contribution in [3.05, 3.63) is 35.6 Å². The molecule has 0 spiro atoms. The molecule has 1 aliphatic carbocycles. The highest BCUT2D eigenvalue weighted by atomic mass is 19.3. The molecule has 1 fully saturated rings. The average molecular weight is 274 g/mol. The van der Waals surface area contributed by atoms with Crippen molar-refractivity contribution in [2.75, 3.05) is 0 Å². The maximum Gasteiger partial charge on any atom is 0.340 e. The van der Waals surface area contributed by atoms with Gasteiger partial charge in [-0.25, -0.2) is 18.0 Å². The second-order valence-corrected chi connectivity index (χ2v) is 4.87. The third kappa shape index (κ3) is 2.45. The largest absolute Gasteiger partial charge is 0.479 e. The summed E-state index contributed by atoms with van der Waals surface area (Å²) in [5, 5.41) is 19.5. The summed E-state index contributed by atoms with van der Waals surface area (Å²) < 4.78 is 39.2. The van der Waals surface area contributed by atoms with Gasteiger partial charge in [0.05, 0.1) is 0 Å². The van der Waals surface area contributed by atoms with Crippen LogP contribution >= 0.6 is 0 Å². The van der Waals surface area contributed by atoms with Gasteiger partial charge in [-0.1, -0.05) is 12.1 Å². The molecule has 19 heavy (non-hydrogen) atoms. The van der Waals surface area contributed by atoms with Gasteiger partial charge in [-0.3, -0.25) is 0 Å². The number of aliphatic hydroxyl groups is 1. The summed E-state index contributed by atoms with van der Waals surface area (Å²) in [7, 11) is 0. The minimum atomic E-state index is -2.96. The third-order valence-corrected chi connectivity index (χ3v) is 3.60. The number of aliphatic carboxylic acids is 1. The molecule has 0 aromatic heterocycles. The average Bonchev–Trinajstić information content (AvgIpc) is 2.69. The van der Waals surface area contributed by atoms with Crippen molar-refractivity contribution in [3.63, 3.8) is 0 Å². The van der Waals surface area contributed by atoms with Crippen molar-refractivity contribution in [1.82, 2.24) is 0 Å². The number of alkyl halides is 2.